The lowest BCUT2D eigenvalue weighted by Gasteiger charge is -2.28. The van der Waals surface area contributed by atoms with E-state index in [-0.39, 0.29) is 22.8 Å². The van der Waals surface area contributed by atoms with Crippen LogP contribution in [0.3, 0.4) is 0 Å². The van der Waals surface area contributed by atoms with Crippen LogP contribution in [0.5, 0.6) is 5.75 Å². The summed E-state index contributed by atoms with van der Waals surface area (Å²) in [6.45, 7) is 9.84. The number of hydrogen-bond donors (Lipinski definition) is 1. The highest BCUT2D eigenvalue weighted by Crippen LogP contribution is 2.40. The van der Waals surface area contributed by atoms with Gasteiger partial charge in [0.25, 0.3) is 0 Å². The minimum absolute atomic E-state index is 0.128. The van der Waals surface area contributed by atoms with Crippen molar-refractivity contribution in [3.8, 4) is 28.3 Å². The molecule has 44 heavy (non-hydrogen) atoms. The number of nitrogens with one attached hydrogen (secondary N) is 1. The Bertz CT molecular complexity index is 1860. The molecule has 226 valence electrons. The molecule has 1 saturated heterocycles. The topological polar surface area (TPSA) is 72.4 Å². The van der Waals surface area contributed by atoms with Crippen LogP contribution >= 0.6 is 0 Å². The van der Waals surface area contributed by atoms with E-state index in [1.54, 1.807) is 24.5 Å². The highest BCUT2D eigenvalue weighted by molar-refractivity contribution is 5.99. The van der Waals surface area contributed by atoms with Gasteiger partial charge in [0.15, 0.2) is 11.6 Å². The molecule has 1 aliphatic rings. The third-order valence-corrected chi connectivity index (χ3v) is 7.49. The summed E-state index contributed by atoms with van der Waals surface area (Å²) < 4.78 is 56.3. The number of morpholine rings is 1. The van der Waals surface area contributed by atoms with Gasteiger partial charge in [-0.25, -0.2) is 23.1 Å². The van der Waals surface area contributed by atoms with Crippen LogP contribution in [0, 0.1) is 31.3 Å². The standard InChI is InChI=1S/C34H32F3N5O2/c1-19(2)44-30-6-5-22(14-25(30)36)24-18-39-31(42-9-11-43-12-10-42)17-27(24)40-34-21(4)33(29-13-20(3)7-8-38-29)41-28-16-23(35)15-26(37)32(28)34/h5-8,13-19H,9-12H2,1-4H3,(H,39,40,41). The summed E-state index contributed by atoms with van der Waals surface area (Å²) in [5.74, 6) is -1.18. The van der Waals surface area contributed by atoms with Crippen molar-refractivity contribution in [1.29, 1.82) is 0 Å². The molecule has 0 spiro atoms. The molecular formula is C34H32F3N5O2. The second-order valence-corrected chi connectivity index (χ2v) is 11.1. The molecule has 10 heteroatoms. The Labute approximate surface area is 253 Å². The summed E-state index contributed by atoms with van der Waals surface area (Å²) in [7, 11) is 0. The van der Waals surface area contributed by atoms with Crippen molar-refractivity contribution < 1.29 is 22.6 Å². The fourth-order valence-corrected chi connectivity index (χ4v) is 5.37. The van der Waals surface area contributed by atoms with Crippen molar-refractivity contribution in [2.24, 2.45) is 0 Å². The smallest absolute Gasteiger partial charge is 0.165 e. The van der Waals surface area contributed by atoms with Crippen LogP contribution in [-0.4, -0.2) is 47.4 Å². The molecule has 1 N–H and O–H groups in total. The number of hydrogen-bond acceptors (Lipinski definition) is 7. The molecule has 0 radical (unpaired) electrons. The molecule has 7 nitrogen and oxygen atoms in total. The highest BCUT2D eigenvalue weighted by atomic mass is 19.1. The Hall–Kier alpha value is -4.70. The van der Waals surface area contributed by atoms with Crippen LogP contribution in [0.2, 0.25) is 0 Å². The molecule has 2 aromatic carbocycles. The fraction of sp³-hybridized carbons (Fsp3) is 0.265. The predicted octanol–water partition coefficient (Wildman–Crippen LogP) is 7.76. The number of aryl methyl sites for hydroxylation is 1. The van der Waals surface area contributed by atoms with Crippen molar-refractivity contribution in [1.82, 2.24) is 15.0 Å². The molecule has 5 aromatic rings. The van der Waals surface area contributed by atoms with Gasteiger partial charge in [-0.15, -0.1) is 0 Å². The summed E-state index contributed by atoms with van der Waals surface area (Å²) in [6.07, 6.45) is 3.15. The summed E-state index contributed by atoms with van der Waals surface area (Å²) >= 11 is 0. The van der Waals surface area contributed by atoms with Crippen molar-refractivity contribution >= 4 is 28.1 Å². The van der Waals surface area contributed by atoms with Crippen LogP contribution in [0.1, 0.15) is 25.0 Å². The van der Waals surface area contributed by atoms with Crippen LogP contribution in [-0.2, 0) is 4.74 Å². The Morgan fingerprint density at radius 1 is 0.932 bits per heavy atom. The number of nitrogens with zero attached hydrogens (tertiary/aromatic N) is 4. The van der Waals surface area contributed by atoms with Gasteiger partial charge >= 0.3 is 0 Å². The van der Waals surface area contributed by atoms with Crippen molar-refractivity contribution in [3.63, 3.8) is 0 Å². The summed E-state index contributed by atoms with van der Waals surface area (Å²) in [5, 5.41) is 3.56. The SMILES string of the molecule is Cc1ccnc(-c2nc3cc(F)cc(F)c3c(Nc3cc(N4CCOCC4)ncc3-c3ccc(OC(C)C)c(F)c3)c2C)c1. The van der Waals surface area contributed by atoms with Gasteiger partial charge in [0.05, 0.1) is 53.0 Å². The first-order valence-electron chi connectivity index (χ1n) is 14.5. The molecule has 0 aliphatic carbocycles. The lowest BCUT2D eigenvalue weighted by molar-refractivity contribution is 0.122. The summed E-state index contributed by atoms with van der Waals surface area (Å²) in [4.78, 5) is 15.9. The van der Waals surface area contributed by atoms with Gasteiger partial charge in [0, 0.05) is 54.8 Å². The van der Waals surface area contributed by atoms with Gasteiger partial charge in [-0.2, -0.15) is 0 Å². The molecule has 4 heterocycles. The summed E-state index contributed by atoms with van der Waals surface area (Å²) in [6, 6.07) is 12.4. The van der Waals surface area contributed by atoms with Crippen LogP contribution < -0.4 is 15.0 Å². The minimum atomic E-state index is -0.757. The molecule has 1 fully saturated rings. The molecule has 3 aromatic heterocycles. The average Bonchev–Trinajstić information content (AvgIpc) is 2.99. The van der Waals surface area contributed by atoms with Gasteiger partial charge < -0.3 is 19.7 Å². The average molecular weight is 600 g/mol. The van der Waals surface area contributed by atoms with Crippen molar-refractivity contribution in [2.45, 2.75) is 33.8 Å². The maximum atomic E-state index is 15.6. The number of fused-ring (bicyclic) bond motifs is 1. The molecule has 0 unspecified atom stereocenters. The first kappa shape index (κ1) is 29.4. The van der Waals surface area contributed by atoms with E-state index in [2.05, 4.69) is 20.2 Å². The van der Waals surface area contributed by atoms with Gasteiger partial charge in [-0.3, -0.25) is 4.98 Å². The van der Waals surface area contributed by atoms with Crippen LogP contribution in [0.4, 0.5) is 30.4 Å². The third kappa shape index (κ3) is 5.90. The fourth-order valence-electron chi connectivity index (χ4n) is 5.37. The molecule has 0 bridgehead atoms. The van der Waals surface area contributed by atoms with E-state index in [4.69, 9.17) is 14.5 Å². The lowest BCUT2D eigenvalue weighted by atomic mass is 10.0. The number of halogens is 3. The quantitative estimate of drug-likeness (QED) is 0.205. The third-order valence-electron chi connectivity index (χ3n) is 7.49. The van der Waals surface area contributed by atoms with E-state index >= 15 is 8.78 Å². The zero-order valence-electron chi connectivity index (χ0n) is 24.9. The summed E-state index contributed by atoms with van der Waals surface area (Å²) in [5.41, 5.74) is 4.86. The molecular weight excluding hydrogens is 567 g/mol. The number of aromatic nitrogens is 3. The molecule has 1 aliphatic heterocycles. The van der Waals surface area contributed by atoms with Crippen molar-refractivity contribution in [2.75, 3.05) is 36.5 Å². The predicted molar refractivity (Wildman–Crippen MR) is 166 cm³/mol. The van der Waals surface area contributed by atoms with E-state index in [1.165, 1.54) is 12.1 Å². The van der Waals surface area contributed by atoms with Crippen LogP contribution in [0.25, 0.3) is 33.4 Å². The van der Waals surface area contributed by atoms with Gasteiger partial charge in [-0.1, -0.05) is 6.07 Å². The maximum Gasteiger partial charge on any atom is 0.165 e. The van der Waals surface area contributed by atoms with Crippen molar-refractivity contribution in [3.05, 3.63) is 89.5 Å². The number of rotatable bonds is 7. The van der Waals surface area contributed by atoms with E-state index < -0.39 is 17.5 Å². The number of benzene rings is 2. The molecule has 0 atom stereocenters. The molecule has 0 saturated carbocycles. The number of pyridine rings is 3. The Kier molecular flexibility index (Phi) is 8.09. The largest absolute Gasteiger partial charge is 0.488 e. The Morgan fingerprint density at radius 2 is 1.73 bits per heavy atom. The van der Waals surface area contributed by atoms with Gasteiger partial charge in [0.2, 0.25) is 0 Å². The first-order valence-corrected chi connectivity index (χ1v) is 14.5. The zero-order valence-corrected chi connectivity index (χ0v) is 24.9. The zero-order chi connectivity index (χ0) is 31.0. The minimum Gasteiger partial charge on any atom is -0.488 e. The van der Waals surface area contributed by atoms with Gasteiger partial charge in [-0.05, 0) is 63.1 Å². The number of anilines is 3. The second kappa shape index (κ2) is 12.1. The maximum absolute atomic E-state index is 15.6. The monoisotopic (exact) mass is 599 g/mol. The molecule has 0 amide bonds. The second-order valence-electron chi connectivity index (χ2n) is 11.1. The molecule has 6 rings (SSSR count). The van der Waals surface area contributed by atoms with E-state index in [0.717, 1.165) is 11.6 Å². The van der Waals surface area contributed by atoms with Gasteiger partial charge in [0.1, 0.15) is 17.5 Å². The normalized spacial score (nSPS) is 13.5. The number of ether oxygens (including phenoxy) is 2. The Balaban J connectivity index is 1.55. The van der Waals surface area contributed by atoms with Crippen LogP contribution in [0.15, 0.2) is 60.9 Å². The van der Waals surface area contributed by atoms with E-state index in [1.807, 2.05) is 45.9 Å². The van der Waals surface area contributed by atoms with E-state index in [0.29, 0.717) is 71.6 Å². The first-order chi connectivity index (χ1) is 21.2. The van der Waals surface area contributed by atoms with E-state index in [9.17, 15) is 4.39 Å². The highest BCUT2D eigenvalue weighted by Gasteiger charge is 2.22. The Morgan fingerprint density at radius 3 is 2.45 bits per heavy atom. The lowest BCUT2D eigenvalue weighted by Crippen LogP contribution is -2.36.